The molecule has 12 heavy (non-hydrogen) atoms. The number of rotatable bonds is 5. The molecule has 0 spiro atoms. The van der Waals surface area contributed by atoms with Crippen molar-refractivity contribution in [1.29, 1.82) is 0 Å². The second kappa shape index (κ2) is 6.30. The molecule has 0 aliphatic rings. The Labute approximate surface area is 80.8 Å². The van der Waals surface area contributed by atoms with E-state index in [4.69, 9.17) is 5.11 Å². The Morgan fingerprint density at radius 1 is 1.33 bits per heavy atom. The summed E-state index contributed by atoms with van der Waals surface area (Å²) in [5.74, 6) is -0.686. The van der Waals surface area contributed by atoms with Crippen molar-refractivity contribution in [2.75, 3.05) is 0 Å². The molecular weight excluding hydrogens is 176 g/mol. The zero-order valence-corrected chi connectivity index (χ0v) is 8.91. The third-order valence-corrected chi connectivity index (χ3v) is 1.98. The molecule has 0 aromatic rings. The molecule has 0 aliphatic carbocycles. The molecule has 0 amide bonds. The van der Waals surface area contributed by atoms with Crippen LogP contribution in [0.15, 0.2) is 0 Å². The van der Waals surface area contributed by atoms with Crippen LogP contribution in [0.1, 0.15) is 46.5 Å². The summed E-state index contributed by atoms with van der Waals surface area (Å²) in [5.41, 5.74) is -0.533. The summed E-state index contributed by atoms with van der Waals surface area (Å²) < 4.78 is 0. The topological polar surface area (TPSA) is 37.3 Å². The lowest BCUT2D eigenvalue weighted by Crippen LogP contribution is -2.23. The lowest BCUT2D eigenvalue weighted by atomic mass is 9.87. The molecule has 1 N–H and O–H groups in total. The van der Waals surface area contributed by atoms with Crippen LogP contribution in [0.3, 0.4) is 0 Å². The van der Waals surface area contributed by atoms with Crippen molar-refractivity contribution in [1.82, 2.24) is 0 Å². The molecule has 0 aromatic carbocycles. The summed E-state index contributed by atoms with van der Waals surface area (Å²) in [6, 6.07) is 0. The highest BCUT2D eigenvalue weighted by Crippen LogP contribution is 2.23. The maximum Gasteiger partial charge on any atom is 0.309 e. The van der Waals surface area contributed by atoms with Gasteiger partial charge in [0.25, 0.3) is 0 Å². The van der Waals surface area contributed by atoms with Gasteiger partial charge in [-0.25, -0.2) is 0 Å². The first-order valence-corrected chi connectivity index (χ1v) is 4.24. The minimum absolute atomic E-state index is 0. The minimum atomic E-state index is -0.686. The van der Waals surface area contributed by atoms with Crippen molar-refractivity contribution in [3.8, 4) is 0 Å². The highest BCUT2D eigenvalue weighted by Gasteiger charge is 2.25. The SMILES string of the molecule is CCCCCC(C)(C)C(=O)O.Cl. The van der Waals surface area contributed by atoms with Crippen molar-refractivity contribution in [3.05, 3.63) is 0 Å². The van der Waals surface area contributed by atoms with Gasteiger partial charge in [0, 0.05) is 0 Å². The molecule has 0 rings (SSSR count). The fraction of sp³-hybridized carbons (Fsp3) is 0.889. The molecule has 0 saturated carbocycles. The van der Waals surface area contributed by atoms with E-state index < -0.39 is 11.4 Å². The number of hydrogen-bond donors (Lipinski definition) is 1. The molecule has 0 aliphatic heterocycles. The highest BCUT2D eigenvalue weighted by molar-refractivity contribution is 5.85. The van der Waals surface area contributed by atoms with Crippen LogP contribution in [0.2, 0.25) is 0 Å². The van der Waals surface area contributed by atoms with E-state index in [1.54, 1.807) is 13.8 Å². The van der Waals surface area contributed by atoms with Crippen molar-refractivity contribution in [2.45, 2.75) is 46.5 Å². The number of unbranched alkanes of at least 4 members (excludes halogenated alkanes) is 2. The van der Waals surface area contributed by atoms with Gasteiger partial charge in [-0.05, 0) is 20.3 Å². The monoisotopic (exact) mass is 194 g/mol. The largest absolute Gasteiger partial charge is 0.481 e. The van der Waals surface area contributed by atoms with E-state index in [1.165, 1.54) is 0 Å². The standard InChI is InChI=1S/C9H18O2.ClH/c1-4-5-6-7-9(2,3)8(10)11;/h4-7H2,1-3H3,(H,10,11);1H. The van der Waals surface area contributed by atoms with Crippen LogP contribution >= 0.6 is 12.4 Å². The van der Waals surface area contributed by atoms with E-state index in [0.717, 1.165) is 25.7 Å². The van der Waals surface area contributed by atoms with E-state index in [1.807, 2.05) is 0 Å². The van der Waals surface area contributed by atoms with Gasteiger partial charge in [0.1, 0.15) is 0 Å². The van der Waals surface area contributed by atoms with E-state index in [9.17, 15) is 4.79 Å². The Kier molecular flexibility index (Phi) is 7.50. The lowest BCUT2D eigenvalue weighted by molar-refractivity contribution is -0.147. The maximum atomic E-state index is 10.6. The number of carbonyl (C=O) groups is 1. The van der Waals surface area contributed by atoms with Crippen molar-refractivity contribution in [2.24, 2.45) is 5.41 Å². The molecule has 0 unspecified atom stereocenters. The second-order valence-corrected chi connectivity index (χ2v) is 3.65. The average Bonchev–Trinajstić information content (AvgIpc) is 1.88. The summed E-state index contributed by atoms with van der Waals surface area (Å²) >= 11 is 0. The Morgan fingerprint density at radius 2 is 1.83 bits per heavy atom. The molecule has 0 bridgehead atoms. The molecule has 0 atom stereocenters. The summed E-state index contributed by atoms with van der Waals surface area (Å²) in [6.45, 7) is 5.68. The van der Waals surface area contributed by atoms with Crippen molar-refractivity contribution >= 4 is 18.4 Å². The predicted molar refractivity (Wildman–Crippen MR) is 52.8 cm³/mol. The third-order valence-electron chi connectivity index (χ3n) is 1.98. The first-order valence-electron chi connectivity index (χ1n) is 4.24. The van der Waals surface area contributed by atoms with Gasteiger partial charge in [-0.3, -0.25) is 4.79 Å². The van der Waals surface area contributed by atoms with Gasteiger partial charge in [0.05, 0.1) is 5.41 Å². The highest BCUT2D eigenvalue weighted by atomic mass is 35.5. The normalized spacial score (nSPS) is 10.6. The van der Waals surface area contributed by atoms with Gasteiger partial charge in [-0.15, -0.1) is 12.4 Å². The first-order chi connectivity index (χ1) is 5.00. The maximum absolute atomic E-state index is 10.6. The van der Waals surface area contributed by atoms with Gasteiger partial charge in [-0.2, -0.15) is 0 Å². The minimum Gasteiger partial charge on any atom is -0.481 e. The van der Waals surface area contributed by atoms with Crippen molar-refractivity contribution < 1.29 is 9.90 Å². The Hall–Kier alpha value is -0.240. The number of carboxylic acids is 1. The Morgan fingerprint density at radius 3 is 2.17 bits per heavy atom. The molecule has 74 valence electrons. The molecule has 2 nitrogen and oxygen atoms in total. The van der Waals surface area contributed by atoms with Crippen LogP contribution in [0.4, 0.5) is 0 Å². The van der Waals surface area contributed by atoms with E-state index in [-0.39, 0.29) is 12.4 Å². The molecule has 0 heterocycles. The first kappa shape index (κ1) is 14.3. The summed E-state index contributed by atoms with van der Waals surface area (Å²) in [7, 11) is 0. The fourth-order valence-electron chi connectivity index (χ4n) is 0.924. The number of halogens is 1. The summed E-state index contributed by atoms with van der Waals surface area (Å²) in [6.07, 6.45) is 4.10. The van der Waals surface area contributed by atoms with Crippen molar-refractivity contribution in [3.63, 3.8) is 0 Å². The molecule has 0 fully saturated rings. The Balaban J connectivity index is 0. The lowest BCUT2D eigenvalue weighted by Gasteiger charge is -2.18. The van der Waals surface area contributed by atoms with Crippen LogP contribution in [0, 0.1) is 5.41 Å². The van der Waals surface area contributed by atoms with E-state index in [2.05, 4.69) is 6.92 Å². The number of carboxylic acid groups (broad SMARTS) is 1. The zero-order valence-electron chi connectivity index (χ0n) is 8.09. The van der Waals surface area contributed by atoms with Gasteiger partial charge in [0.2, 0.25) is 0 Å². The Bertz CT molecular complexity index is 132. The van der Waals surface area contributed by atoms with E-state index in [0.29, 0.717) is 0 Å². The summed E-state index contributed by atoms with van der Waals surface area (Å²) in [5, 5.41) is 8.74. The molecule has 0 radical (unpaired) electrons. The number of hydrogen-bond acceptors (Lipinski definition) is 1. The van der Waals surface area contributed by atoms with Gasteiger partial charge in [-0.1, -0.05) is 26.2 Å². The van der Waals surface area contributed by atoms with Crippen LogP contribution in [-0.4, -0.2) is 11.1 Å². The smallest absolute Gasteiger partial charge is 0.309 e. The predicted octanol–water partition coefficient (Wildman–Crippen LogP) is 3.10. The third kappa shape index (κ3) is 5.42. The average molecular weight is 195 g/mol. The van der Waals surface area contributed by atoms with Gasteiger partial charge < -0.3 is 5.11 Å². The van der Waals surface area contributed by atoms with E-state index >= 15 is 0 Å². The quantitative estimate of drug-likeness (QED) is 0.683. The molecular formula is C9H19ClO2. The second-order valence-electron chi connectivity index (χ2n) is 3.65. The molecule has 3 heteroatoms. The fourth-order valence-corrected chi connectivity index (χ4v) is 0.924. The molecule has 0 saturated heterocycles. The zero-order chi connectivity index (χ0) is 8.91. The van der Waals surface area contributed by atoms with Gasteiger partial charge in [0.15, 0.2) is 0 Å². The van der Waals surface area contributed by atoms with Crippen LogP contribution in [0.25, 0.3) is 0 Å². The van der Waals surface area contributed by atoms with Gasteiger partial charge >= 0.3 is 5.97 Å². The number of aliphatic carboxylic acids is 1. The van der Waals surface area contributed by atoms with Crippen LogP contribution in [-0.2, 0) is 4.79 Å². The van der Waals surface area contributed by atoms with Crippen LogP contribution in [0.5, 0.6) is 0 Å². The van der Waals surface area contributed by atoms with Crippen LogP contribution < -0.4 is 0 Å². The summed E-state index contributed by atoms with van der Waals surface area (Å²) in [4.78, 5) is 10.6. The molecule has 0 aromatic heterocycles.